The number of anilines is 2. The summed E-state index contributed by atoms with van der Waals surface area (Å²) in [4.78, 5) is 13.0. The normalized spacial score (nSPS) is 11.7. The summed E-state index contributed by atoms with van der Waals surface area (Å²) in [6.07, 6.45) is 4.45. The van der Waals surface area contributed by atoms with Crippen LogP contribution in [-0.4, -0.2) is 22.1 Å². The monoisotopic (exact) mass is 374 g/mol. The predicted molar refractivity (Wildman–Crippen MR) is 111 cm³/mol. The van der Waals surface area contributed by atoms with Gasteiger partial charge in [0, 0.05) is 44.8 Å². The second-order valence-corrected chi connectivity index (χ2v) is 6.30. The van der Waals surface area contributed by atoms with E-state index in [1.54, 1.807) is 12.4 Å². The summed E-state index contributed by atoms with van der Waals surface area (Å²) < 4.78 is 0. The molecule has 0 bridgehead atoms. The summed E-state index contributed by atoms with van der Waals surface area (Å²) in [5.74, 6) is 0.900. The van der Waals surface area contributed by atoms with Gasteiger partial charge in [-0.05, 0) is 30.3 Å². The lowest BCUT2D eigenvalue weighted by Crippen LogP contribution is -2.14. The van der Waals surface area contributed by atoms with Crippen molar-refractivity contribution >= 4 is 57.0 Å². The van der Waals surface area contributed by atoms with Gasteiger partial charge in [-0.2, -0.15) is 0 Å². The van der Waals surface area contributed by atoms with Crippen molar-refractivity contribution in [1.82, 2.24) is 9.97 Å². The molecule has 4 aromatic rings. The van der Waals surface area contributed by atoms with E-state index in [4.69, 9.17) is 27.7 Å². The van der Waals surface area contributed by atoms with Crippen LogP contribution in [0.3, 0.4) is 0 Å². The van der Waals surface area contributed by atoms with Crippen LogP contribution < -0.4 is 11.1 Å². The van der Waals surface area contributed by atoms with Crippen molar-refractivity contribution in [2.45, 2.75) is 0 Å². The molecule has 0 saturated heterocycles. The van der Waals surface area contributed by atoms with Crippen LogP contribution in [-0.2, 0) is 0 Å². The number of rotatable bonds is 4. The molecule has 7 heteroatoms. The zero-order valence-corrected chi connectivity index (χ0v) is 14.9. The maximum absolute atomic E-state index is 7.18. The SMILES string of the molecule is N=CN=C(N)c1cccc2c1nc(Nc1cccc(Cl)c1)c1ccncc12. The maximum Gasteiger partial charge on any atom is 0.139 e. The van der Waals surface area contributed by atoms with Crippen LogP contribution in [0.15, 0.2) is 65.9 Å². The van der Waals surface area contributed by atoms with Gasteiger partial charge >= 0.3 is 0 Å². The molecule has 0 fully saturated rings. The van der Waals surface area contributed by atoms with Gasteiger partial charge in [-0.1, -0.05) is 29.8 Å². The highest BCUT2D eigenvalue weighted by Gasteiger charge is 2.13. The Balaban J connectivity index is 2.00. The van der Waals surface area contributed by atoms with Crippen LogP contribution in [0.2, 0.25) is 5.02 Å². The third-order valence-electron chi connectivity index (χ3n) is 4.19. The van der Waals surface area contributed by atoms with E-state index in [9.17, 15) is 0 Å². The zero-order valence-electron chi connectivity index (χ0n) is 14.1. The molecule has 0 aliphatic carbocycles. The van der Waals surface area contributed by atoms with Crippen LogP contribution in [0.5, 0.6) is 0 Å². The summed E-state index contributed by atoms with van der Waals surface area (Å²) in [6, 6.07) is 15.0. The fraction of sp³-hybridized carbons (Fsp3) is 0. The Kier molecular flexibility index (Phi) is 4.40. The number of hydrogen-bond acceptors (Lipinski definition) is 4. The van der Waals surface area contributed by atoms with Crippen molar-refractivity contribution in [2.24, 2.45) is 10.7 Å². The van der Waals surface area contributed by atoms with Crippen molar-refractivity contribution in [3.05, 3.63) is 71.5 Å². The highest BCUT2D eigenvalue weighted by molar-refractivity contribution is 6.30. The number of fused-ring (bicyclic) bond motifs is 3. The third kappa shape index (κ3) is 3.18. The number of amidine groups is 1. The lowest BCUT2D eigenvalue weighted by Gasteiger charge is -2.13. The number of pyridine rings is 2. The standard InChI is InChI=1S/C20H15ClN6/c21-12-3-1-4-13(9-12)26-20-15-7-8-24-10-17(15)14-5-2-6-16(18(14)27-20)19(23)25-11-22/h1-11H,(H,26,27)(H3,22,23,25). The number of benzene rings is 2. The van der Waals surface area contributed by atoms with E-state index in [1.807, 2.05) is 48.5 Å². The minimum Gasteiger partial charge on any atom is -0.383 e. The van der Waals surface area contributed by atoms with E-state index in [1.165, 1.54) is 0 Å². The Morgan fingerprint density at radius 1 is 1.11 bits per heavy atom. The minimum absolute atomic E-state index is 0.236. The molecule has 0 spiro atoms. The van der Waals surface area contributed by atoms with Crippen molar-refractivity contribution < 1.29 is 0 Å². The van der Waals surface area contributed by atoms with Crippen LogP contribution in [0.25, 0.3) is 21.7 Å². The molecule has 2 aromatic heterocycles. The van der Waals surface area contributed by atoms with Gasteiger partial charge in [0.2, 0.25) is 0 Å². The lowest BCUT2D eigenvalue weighted by atomic mass is 10.0. The van der Waals surface area contributed by atoms with Crippen molar-refractivity contribution in [3.8, 4) is 0 Å². The van der Waals surface area contributed by atoms with Gasteiger partial charge in [0.15, 0.2) is 0 Å². The Bertz CT molecular complexity index is 1200. The maximum atomic E-state index is 7.18. The number of para-hydroxylation sites is 1. The first-order valence-corrected chi connectivity index (χ1v) is 8.57. The highest BCUT2D eigenvalue weighted by atomic mass is 35.5. The summed E-state index contributed by atoms with van der Waals surface area (Å²) in [5.41, 5.74) is 8.22. The smallest absolute Gasteiger partial charge is 0.139 e. The Morgan fingerprint density at radius 2 is 1.96 bits per heavy atom. The summed E-state index contributed by atoms with van der Waals surface area (Å²) >= 11 is 6.10. The molecule has 0 amide bonds. The summed E-state index contributed by atoms with van der Waals surface area (Å²) in [5, 5.41) is 13.9. The van der Waals surface area contributed by atoms with E-state index in [-0.39, 0.29) is 5.84 Å². The molecule has 27 heavy (non-hydrogen) atoms. The summed E-state index contributed by atoms with van der Waals surface area (Å²) in [6.45, 7) is 0. The Labute approximate surface area is 160 Å². The fourth-order valence-electron chi connectivity index (χ4n) is 3.01. The zero-order chi connectivity index (χ0) is 18.8. The molecular formula is C20H15ClN6. The average molecular weight is 375 g/mol. The van der Waals surface area contributed by atoms with Crippen molar-refractivity contribution in [1.29, 1.82) is 5.41 Å². The van der Waals surface area contributed by atoms with E-state index in [0.29, 0.717) is 21.9 Å². The van der Waals surface area contributed by atoms with Gasteiger partial charge < -0.3 is 11.1 Å². The molecule has 0 aliphatic rings. The van der Waals surface area contributed by atoms with Gasteiger partial charge in [-0.3, -0.25) is 10.4 Å². The molecule has 0 radical (unpaired) electrons. The molecule has 4 rings (SSSR count). The van der Waals surface area contributed by atoms with E-state index in [0.717, 1.165) is 28.2 Å². The second kappa shape index (κ2) is 7.01. The Hall–Kier alpha value is -3.51. The first-order valence-electron chi connectivity index (χ1n) is 8.19. The number of aromatic nitrogens is 2. The number of nitrogens with zero attached hydrogens (tertiary/aromatic N) is 3. The molecule has 2 heterocycles. The first kappa shape index (κ1) is 16.9. The molecule has 0 aliphatic heterocycles. The highest BCUT2D eigenvalue weighted by Crippen LogP contribution is 2.32. The van der Waals surface area contributed by atoms with E-state index >= 15 is 0 Å². The molecule has 132 valence electrons. The topological polar surface area (TPSA) is 100 Å². The van der Waals surface area contributed by atoms with Crippen molar-refractivity contribution in [2.75, 3.05) is 5.32 Å². The van der Waals surface area contributed by atoms with Gasteiger partial charge in [0.05, 0.1) is 5.52 Å². The van der Waals surface area contributed by atoms with Crippen molar-refractivity contribution in [3.63, 3.8) is 0 Å². The molecule has 4 N–H and O–H groups in total. The predicted octanol–water partition coefficient (Wildman–Crippen LogP) is 4.49. The number of hydrogen-bond donors (Lipinski definition) is 3. The molecule has 0 atom stereocenters. The minimum atomic E-state index is 0.236. The number of nitrogens with one attached hydrogen (secondary N) is 2. The van der Waals surface area contributed by atoms with E-state index in [2.05, 4.69) is 15.3 Å². The summed E-state index contributed by atoms with van der Waals surface area (Å²) in [7, 11) is 0. The number of halogens is 1. The van der Waals surface area contributed by atoms with Crippen LogP contribution in [0, 0.1) is 5.41 Å². The molecule has 2 aromatic carbocycles. The first-order chi connectivity index (χ1) is 13.2. The quantitative estimate of drug-likeness (QED) is 0.278. The van der Waals surface area contributed by atoms with Crippen LogP contribution in [0.1, 0.15) is 5.56 Å². The molecule has 6 nitrogen and oxygen atoms in total. The van der Waals surface area contributed by atoms with E-state index < -0.39 is 0 Å². The fourth-order valence-corrected chi connectivity index (χ4v) is 3.20. The van der Waals surface area contributed by atoms with Crippen LogP contribution in [0.4, 0.5) is 11.5 Å². The van der Waals surface area contributed by atoms with Gasteiger partial charge in [-0.25, -0.2) is 9.98 Å². The number of aliphatic imine (C=N–C) groups is 1. The van der Waals surface area contributed by atoms with Gasteiger partial charge in [0.1, 0.15) is 18.0 Å². The van der Waals surface area contributed by atoms with Gasteiger partial charge in [0.25, 0.3) is 0 Å². The third-order valence-corrected chi connectivity index (χ3v) is 4.43. The largest absolute Gasteiger partial charge is 0.383 e. The van der Waals surface area contributed by atoms with Gasteiger partial charge in [-0.15, -0.1) is 0 Å². The average Bonchev–Trinajstić information content (AvgIpc) is 2.68. The Morgan fingerprint density at radius 3 is 2.78 bits per heavy atom. The second-order valence-electron chi connectivity index (χ2n) is 5.86. The molecule has 0 unspecified atom stereocenters. The molecule has 0 saturated carbocycles. The van der Waals surface area contributed by atoms with Crippen LogP contribution >= 0.6 is 11.6 Å². The molecular weight excluding hydrogens is 360 g/mol. The lowest BCUT2D eigenvalue weighted by molar-refractivity contribution is 1.34. The number of nitrogens with two attached hydrogens (primary N) is 1.